The van der Waals surface area contributed by atoms with Gasteiger partial charge in [-0.1, -0.05) is 48.5 Å². The minimum absolute atomic E-state index is 0.348. The van der Waals surface area contributed by atoms with E-state index in [1.807, 2.05) is 12.1 Å². The normalized spacial score (nSPS) is 16.9. The van der Waals surface area contributed by atoms with E-state index in [-0.39, 0.29) is 0 Å². The van der Waals surface area contributed by atoms with Gasteiger partial charge in [-0.05, 0) is 46.0 Å². The van der Waals surface area contributed by atoms with Gasteiger partial charge in [-0.15, -0.1) is 0 Å². The summed E-state index contributed by atoms with van der Waals surface area (Å²) >= 11 is 0. The Bertz CT molecular complexity index is 768. The maximum absolute atomic E-state index is 9.68. The number of aromatic hydroxyl groups is 1. The van der Waals surface area contributed by atoms with Crippen LogP contribution < -0.4 is 0 Å². The maximum atomic E-state index is 9.68. The Hall–Kier alpha value is -2.28. The Labute approximate surface area is 112 Å². The Kier molecular flexibility index (Phi) is 2.16. The van der Waals surface area contributed by atoms with Gasteiger partial charge in [-0.2, -0.15) is 0 Å². The molecule has 0 fully saturated rings. The number of hydrogen-bond donors (Lipinski definition) is 1. The van der Waals surface area contributed by atoms with Crippen molar-refractivity contribution in [1.82, 2.24) is 0 Å². The second-order valence-electron chi connectivity index (χ2n) is 5.21. The van der Waals surface area contributed by atoms with Crippen molar-refractivity contribution < 1.29 is 5.11 Å². The summed E-state index contributed by atoms with van der Waals surface area (Å²) < 4.78 is 0. The standard InChI is InChI=1S/C18H14O/c19-15-8-2-6-13(10-15)17-11-14-7-1-4-12-5-3-9-16(17)18(12)14/h1-10,17,19H,11H2. The fraction of sp³-hybridized carbons (Fsp3) is 0.111. The Morgan fingerprint density at radius 2 is 1.68 bits per heavy atom. The lowest BCUT2D eigenvalue weighted by Crippen LogP contribution is -1.98. The highest BCUT2D eigenvalue weighted by Gasteiger charge is 2.25. The van der Waals surface area contributed by atoms with Gasteiger partial charge in [-0.25, -0.2) is 0 Å². The lowest BCUT2D eigenvalue weighted by Gasteiger charge is -2.12. The molecule has 3 aromatic carbocycles. The van der Waals surface area contributed by atoms with E-state index < -0.39 is 0 Å². The first-order chi connectivity index (χ1) is 9.33. The van der Waals surface area contributed by atoms with Crippen molar-refractivity contribution in [3.63, 3.8) is 0 Å². The molecule has 1 atom stereocenters. The summed E-state index contributed by atoms with van der Waals surface area (Å²) in [7, 11) is 0. The molecule has 1 nitrogen and oxygen atoms in total. The zero-order valence-electron chi connectivity index (χ0n) is 10.5. The van der Waals surface area contributed by atoms with Crippen LogP contribution in [0.3, 0.4) is 0 Å². The molecule has 0 bridgehead atoms. The lowest BCUT2D eigenvalue weighted by atomic mass is 9.92. The first-order valence-corrected chi connectivity index (χ1v) is 6.62. The Morgan fingerprint density at radius 3 is 2.53 bits per heavy atom. The third-order valence-electron chi connectivity index (χ3n) is 4.10. The zero-order valence-corrected chi connectivity index (χ0v) is 10.5. The lowest BCUT2D eigenvalue weighted by molar-refractivity contribution is 0.474. The molecule has 1 aliphatic rings. The highest BCUT2D eigenvalue weighted by molar-refractivity contribution is 5.92. The summed E-state index contributed by atoms with van der Waals surface area (Å²) in [4.78, 5) is 0. The number of benzene rings is 3. The number of phenols is 1. The predicted molar refractivity (Wildman–Crippen MR) is 77.6 cm³/mol. The average molecular weight is 246 g/mol. The largest absolute Gasteiger partial charge is 0.508 e. The highest BCUT2D eigenvalue weighted by atomic mass is 16.3. The van der Waals surface area contributed by atoms with Gasteiger partial charge >= 0.3 is 0 Å². The van der Waals surface area contributed by atoms with Crippen molar-refractivity contribution in [2.24, 2.45) is 0 Å². The number of phenolic OH excluding ortho intramolecular Hbond substituents is 1. The molecule has 0 saturated carbocycles. The van der Waals surface area contributed by atoms with Crippen LogP contribution in [0.25, 0.3) is 10.8 Å². The molecule has 0 amide bonds. The van der Waals surface area contributed by atoms with E-state index in [2.05, 4.69) is 42.5 Å². The molecular weight excluding hydrogens is 232 g/mol. The zero-order chi connectivity index (χ0) is 12.8. The van der Waals surface area contributed by atoms with E-state index >= 15 is 0 Å². The van der Waals surface area contributed by atoms with Gasteiger partial charge in [0, 0.05) is 5.92 Å². The molecule has 1 N–H and O–H groups in total. The summed E-state index contributed by atoms with van der Waals surface area (Å²) in [6.07, 6.45) is 1.03. The molecule has 1 heteroatoms. The second-order valence-corrected chi connectivity index (χ2v) is 5.21. The van der Waals surface area contributed by atoms with E-state index in [0.717, 1.165) is 6.42 Å². The predicted octanol–water partition coefficient (Wildman–Crippen LogP) is 4.23. The van der Waals surface area contributed by atoms with Crippen LogP contribution in [-0.2, 0) is 6.42 Å². The second kappa shape index (κ2) is 3.86. The van der Waals surface area contributed by atoms with Crippen LogP contribution >= 0.6 is 0 Å². The van der Waals surface area contributed by atoms with Crippen molar-refractivity contribution in [3.8, 4) is 5.75 Å². The van der Waals surface area contributed by atoms with Crippen LogP contribution in [0.5, 0.6) is 5.75 Å². The summed E-state index contributed by atoms with van der Waals surface area (Å²) in [5.74, 6) is 0.717. The van der Waals surface area contributed by atoms with Crippen LogP contribution in [0.4, 0.5) is 0 Å². The van der Waals surface area contributed by atoms with E-state index in [9.17, 15) is 5.11 Å². The van der Waals surface area contributed by atoms with Gasteiger partial charge in [0.1, 0.15) is 5.75 Å². The molecule has 0 aliphatic heterocycles. The summed E-state index contributed by atoms with van der Waals surface area (Å²) in [6.45, 7) is 0. The fourth-order valence-corrected chi connectivity index (χ4v) is 3.28. The molecule has 1 unspecified atom stereocenters. The average Bonchev–Trinajstić information content (AvgIpc) is 2.81. The summed E-state index contributed by atoms with van der Waals surface area (Å²) in [6, 6.07) is 20.7. The summed E-state index contributed by atoms with van der Waals surface area (Å²) in [5, 5.41) is 12.4. The molecular formula is C18H14O. The van der Waals surface area contributed by atoms with E-state index in [4.69, 9.17) is 0 Å². The van der Waals surface area contributed by atoms with Crippen LogP contribution in [0.15, 0.2) is 60.7 Å². The maximum Gasteiger partial charge on any atom is 0.115 e. The molecule has 0 spiro atoms. The van der Waals surface area contributed by atoms with E-state index in [1.54, 1.807) is 6.07 Å². The molecule has 19 heavy (non-hydrogen) atoms. The third kappa shape index (κ3) is 1.55. The minimum atomic E-state index is 0.348. The number of rotatable bonds is 1. The monoisotopic (exact) mass is 246 g/mol. The molecule has 0 radical (unpaired) electrons. The van der Waals surface area contributed by atoms with Crippen LogP contribution in [-0.4, -0.2) is 5.11 Å². The van der Waals surface area contributed by atoms with Crippen LogP contribution in [0.2, 0.25) is 0 Å². The fourth-order valence-electron chi connectivity index (χ4n) is 3.28. The van der Waals surface area contributed by atoms with Crippen LogP contribution in [0.1, 0.15) is 22.6 Å². The molecule has 3 aromatic rings. The third-order valence-corrected chi connectivity index (χ3v) is 4.10. The first kappa shape index (κ1) is 10.6. The van der Waals surface area contributed by atoms with Crippen molar-refractivity contribution >= 4 is 10.8 Å². The SMILES string of the molecule is Oc1cccc(C2Cc3cccc4cccc2c34)c1. The van der Waals surface area contributed by atoms with Crippen molar-refractivity contribution in [2.45, 2.75) is 12.3 Å². The first-order valence-electron chi connectivity index (χ1n) is 6.62. The van der Waals surface area contributed by atoms with Gasteiger partial charge in [0.2, 0.25) is 0 Å². The van der Waals surface area contributed by atoms with Crippen LogP contribution in [0, 0.1) is 0 Å². The van der Waals surface area contributed by atoms with Gasteiger partial charge in [0.25, 0.3) is 0 Å². The Morgan fingerprint density at radius 1 is 0.895 bits per heavy atom. The molecule has 0 aromatic heterocycles. The van der Waals surface area contributed by atoms with Crippen molar-refractivity contribution in [3.05, 3.63) is 77.4 Å². The van der Waals surface area contributed by atoms with E-state index in [1.165, 1.54) is 27.5 Å². The summed E-state index contributed by atoms with van der Waals surface area (Å²) in [5.41, 5.74) is 4.00. The smallest absolute Gasteiger partial charge is 0.115 e. The molecule has 0 heterocycles. The quantitative estimate of drug-likeness (QED) is 0.681. The van der Waals surface area contributed by atoms with Gasteiger partial charge in [0.15, 0.2) is 0 Å². The van der Waals surface area contributed by atoms with Gasteiger partial charge < -0.3 is 5.11 Å². The molecule has 92 valence electrons. The molecule has 0 saturated heterocycles. The minimum Gasteiger partial charge on any atom is -0.508 e. The van der Waals surface area contributed by atoms with E-state index in [0.29, 0.717) is 11.7 Å². The van der Waals surface area contributed by atoms with Gasteiger partial charge in [-0.3, -0.25) is 0 Å². The highest BCUT2D eigenvalue weighted by Crippen LogP contribution is 2.42. The molecule has 1 aliphatic carbocycles. The molecule has 4 rings (SSSR count). The topological polar surface area (TPSA) is 20.2 Å². The van der Waals surface area contributed by atoms with Crippen molar-refractivity contribution in [1.29, 1.82) is 0 Å². The van der Waals surface area contributed by atoms with Crippen molar-refractivity contribution in [2.75, 3.05) is 0 Å². The number of hydrogen-bond acceptors (Lipinski definition) is 1. The van der Waals surface area contributed by atoms with Gasteiger partial charge in [0.05, 0.1) is 0 Å². The Balaban J connectivity index is 1.94.